The van der Waals surface area contributed by atoms with Crippen molar-refractivity contribution in [2.75, 3.05) is 5.32 Å². The second-order valence-electron chi connectivity index (χ2n) is 5.00. The maximum absolute atomic E-state index is 11.2. The minimum atomic E-state index is 0.112. The van der Waals surface area contributed by atoms with Gasteiger partial charge in [0.05, 0.1) is 0 Å². The van der Waals surface area contributed by atoms with Gasteiger partial charge in [-0.25, -0.2) is 0 Å². The van der Waals surface area contributed by atoms with Crippen LogP contribution < -0.4 is 5.32 Å². The predicted molar refractivity (Wildman–Crippen MR) is 80.1 cm³/mol. The summed E-state index contributed by atoms with van der Waals surface area (Å²) in [6.45, 7) is 2.46. The molecule has 0 spiro atoms. The maximum atomic E-state index is 11.2. The van der Waals surface area contributed by atoms with Crippen molar-refractivity contribution in [3.63, 3.8) is 0 Å². The number of carbonyl (C=O) groups excluding carboxylic acids is 1. The topological polar surface area (TPSA) is 29.1 Å². The fourth-order valence-corrected chi connectivity index (χ4v) is 3.69. The summed E-state index contributed by atoms with van der Waals surface area (Å²) in [6, 6.07) is 10.0. The van der Waals surface area contributed by atoms with Crippen molar-refractivity contribution in [2.45, 2.75) is 32.7 Å². The molecule has 19 heavy (non-hydrogen) atoms. The molecule has 0 atom stereocenters. The Balaban J connectivity index is 1.63. The molecule has 1 aliphatic rings. The van der Waals surface area contributed by atoms with Crippen LogP contribution in [0, 0.1) is 0 Å². The molecular weight excluding hydrogens is 254 g/mol. The van der Waals surface area contributed by atoms with E-state index in [-0.39, 0.29) is 5.78 Å². The van der Waals surface area contributed by atoms with Crippen molar-refractivity contribution in [1.29, 1.82) is 0 Å². The highest BCUT2D eigenvalue weighted by molar-refractivity contribution is 7.12. The summed E-state index contributed by atoms with van der Waals surface area (Å²) < 4.78 is 0. The molecule has 1 aromatic heterocycles. The molecule has 0 amide bonds. The van der Waals surface area contributed by atoms with E-state index < -0.39 is 0 Å². The third-order valence-electron chi connectivity index (χ3n) is 3.56. The van der Waals surface area contributed by atoms with E-state index in [1.807, 2.05) is 35.6 Å². The fraction of sp³-hybridized carbons (Fsp3) is 0.312. The van der Waals surface area contributed by atoms with E-state index >= 15 is 0 Å². The molecule has 3 heteroatoms. The number of rotatable bonds is 4. The Hall–Kier alpha value is -1.61. The molecule has 0 unspecified atom stereocenters. The van der Waals surface area contributed by atoms with Crippen LogP contribution in [0.25, 0.3) is 0 Å². The van der Waals surface area contributed by atoms with Crippen LogP contribution in [0.1, 0.15) is 39.0 Å². The summed E-state index contributed by atoms with van der Waals surface area (Å²) in [5, 5.41) is 3.41. The van der Waals surface area contributed by atoms with Gasteiger partial charge >= 0.3 is 0 Å². The minimum absolute atomic E-state index is 0.112. The Morgan fingerprint density at radius 3 is 2.74 bits per heavy atom. The van der Waals surface area contributed by atoms with Crippen LogP contribution in [-0.2, 0) is 19.4 Å². The first kappa shape index (κ1) is 12.4. The van der Waals surface area contributed by atoms with Gasteiger partial charge in [0.1, 0.15) is 0 Å². The molecule has 0 bridgehead atoms. The number of nitrogens with one attached hydrogen (secondary N) is 1. The van der Waals surface area contributed by atoms with Crippen molar-refractivity contribution >= 4 is 22.8 Å². The second-order valence-corrected chi connectivity index (χ2v) is 6.22. The lowest BCUT2D eigenvalue weighted by Gasteiger charge is -2.05. The maximum Gasteiger partial charge on any atom is 0.159 e. The molecule has 3 rings (SSSR count). The molecule has 2 nitrogen and oxygen atoms in total. The Morgan fingerprint density at radius 2 is 2.05 bits per heavy atom. The van der Waals surface area contributed by atoms with E-state index in [0.29, 0.717) is 0 Å². The van der Waals surface area contributed by atoms with Crippen molar-refractivity contribution in [3.05, 3.63) is 51.2 Å². The van der Waals surface area contributed by atoms with Crippen molar-refractivity contribution < 1.29 is 4.79 Å². The lowest BCUT2D eigenvalue weighted by molar-refractivity contribution is 0.101. The lowest BCUT2D eigenvalue weighted by Crippen LogP contribution is -1.98. The quantitative estimate of drug-likeness (QED) is 0.850. The Bertz CT molecular complexity index is 576. The van der Waals surface area contributed by atoms with Crippen LogP contribution in [0.4, 0.5) is 5.69 Å². The molecule has 1 heterocycles. The molecule has 2 aromatic rings. The van der Waals surface area contributed by atoms with Crippen LogP contribution in [0.5, 0.6) is 0 Å². The van der Waals surface area contributed by atoms with Gasteiger partial charge in [-0.2, -0.15) is 0 Å². The molecule has 0 saturated heterocycles. The average molecular weight is 271 g/mol. The number of hydrogen-bond acceptors (Lipinski definition) is 3. The standard InChI is InChI=1S/C16H17NOS/c1-11(18)12-5-7-14(8-6-12)17-10-15-9-13-3-2-4-16(13)19-15/h5-9,17H,2-4,10H2,1H3. The molecule has 98 valence electrons. The predicted octanol–water partition coefficient (Wildman–Crippen LogP) is 4.05. The van der Waals surface area contributed by atoms with Gasteiger partial charge in [-0.1, -0.05) is 0 Å². The van der Waals surface area contributed by atoms with Crippen molar-refractivity contribution in [1.82, 2.24) is 0 Å². The normalized spacial score (nSPS) is 13.3. The first-order valence-electron chi connectivity index (χ1n) is 6.68. The molecule has 0 radical (unpaired) electrons. The molecule has 1 N–H and O–H groups in total. The van der Waals surface area contributed by atoms with E-state index in [4.69, 9.17) is 0 Å². The van der Waals surface area contributed by atoms with Crippen LogP contribution >= 0.6 is 11.3 Å². The number of thiophene rings is 1. The van der Waals surface area contributed by atoms with Gasteiger partial charge in [0.25, 0.3) is 0 Å². The summed E-state index contributed by atoms with van der Waals surface area (Å²) in [6.07, 6.45) is 3.83. The zero-order valence-electron chi connectivity index (χ0n) is 11.0. The largest absolute Gasteiger partial charge is 0.380 e. The lowest BCUT2D eigenvalue weighted by atomic mass is 10.1. The SMILES string of the molecule is CC(=O)c1ccc(NCc2cc3c(s2)CCC3)cc1. The zero-order chi connectivity index (χ0) is 13.2. The number of fused-ring (bicyclic) bond motifs is 1. The van der Waals surface area contributed by atoms with E-state index in [0.717, 1.165) is 17.8 Å². The minimum Gasteiger partial charge on any atom is -0.380 e. The number of benzene rings is 1. The number of carbonyl (C=O) groups is 1. The molecule has 0 saturated carbocycles. The Labute approximate surface area is 117 Å². The number of anilines is 1. The van der Waals surface area contributed by atoms with Crippen molar-refractivity contribution in [2.24, 2.45) is 0 Å². The third-order valence-corrected chi connectivity index (χ3v) is 4.79. The van der Waals surface area contributed by atoms with Gasteiger partial charge in [-0.15, -0.1) is 11.3 Å². The smallest absolute Gasteiger partial charge is 0.159 e. The molecule has 1 aromatic carbocycles. The summed E-state index contributed by atoms with van der Waals surface area (Å²) in [5.41, 5.74) is 3.38. The van der Waals surface area contributed by atoms with E-state index in [9.17, 15) is 4.79 Å². The summed E-state index contributed by atoms with van der Waals surface area (Å²) in [4.78, 5) is 14.2. The Morgan fingerprint density at radius 1 is 1.26 bits per heavy atom. The highest BCUT2D eigenvalue weighted by Crippen LogP contribution is 2.30. The van der Waals surface area contributed by atoms with Crippen LogP contribution in [0.15, 0.2) is 30.3 Å². The van der Waals surface area contributed by atoms with E-state index in [2.05, 4.69) is 11.4 Å². The summed E-state index contributed by atoms with van der Waals surface area (Å²) in [5.74, 6) is 0.112. The Kier molecular flexibility index (Phi) is 3.38. The molecular formula is C16H17NOS. The summed E-state index contributed by atoms with van der Waals surface area (Å²) >= 11 is 1.93. The van der Waals surface area contributed by atoms with Gasteiger partial charge in [-0.3, -0.25) is 4.79 Å². The van der Waals surface area contributed by atoms with Gasteiger partial charge in [0, 0.05) is 27.5 Å². The molecule has 0 aliphatic heterocycles. The highest BCUT2D eigenvalue weighted by Gasteiger charge is 2.14. The molecule has 0 fully saturated rings. The monoisotopic (exact) mass is 271 g/mol. The van der Waals surface area contributed by atoms with Crippen LogP contribution in [-0.4, -0.2) is 5.78 Å². The van der Waals surface area contributed by atoms with E-state index in [1.165, 1.54) is 24.1 Å². The van der Waals surface area contributed by atoms with Gasteiger partial charge < -0.3 is 5.32 Å². The highest BCUT2D eigenvalue weighted by atomic mass is 32.1. The first-order chi connectivity index (χ1) is 9.22. The average Bonchev–Trinajstić information content (AvgIpc) is 2.97. The number of Topliss-reactive ketones (excluding diaryl/α,β-unsaturated/α-hetero) is 1. The van der Waals surface area contributed by atoms with Crippen LogP contribution in [0.3, 0.4) is 0 Å². The van der Waals surface area contributed by atoms with Gasteiger partial charge in [0.2, 0.25) is 0 Å². The van der Waals surface area contributed by atoms with Gasteiger partial charge in [0.15, 0.2) is 5.78 Å². The number of ketones is 1. The number of aryl methyl sites for hydroxylation is 2. The molecule has 1 aliphatic carbocycles. The fourth-order valence-electron chi connectivity index (χ4n) is 2.49. The van der Waals surface area contributed by atoms with Crippen molar-refractivity contribution in [3.8, 4) is 0 Å². The second kappa shape index (κ2) is 5.17. The zero-order valence-corrected chi connectivity index (χ0v) is 11.8. The van der Waals surface area contributed by atoms with Gasteiger partial charge in [-0.05, 0) is 62.1 Å². The summed E-state index contributed by atoms with van der Waals surface area (Å²) in [7, 11) is 0. The third kappa shape index (κ3) is 2.71. The van der Waals surface area contributed by atoms with Crippen LogP contribution in [0.2, 0.25) is 0 Å². The first-order valence-corrected chi connectivity index (χ1v) is 7.49. The number of hydrogen-bond donors (Lipinski definition) is 1. The van der Waals surface area contributed by atoms with E-state index in [1.54, 1.807) is 17.4 Å².